The zero-order valence-electron chi connectivity index (χ0n) is 5.02. The molecule has 54 valence electrons. The van der Waals surface area contributed by atoms with Gasteiger partial charge in [-0.05, 0) is 6.07 Å². The fourth-order valence-corrected chi connectivity index (χ4v) is 0.462. The highest BCUT2D eigenvalue weighted by Crippen LogP contribution is 2.04. The molecule has 0 saturated carbocycles. The molecule has 0 aliphatic heterocycles. The molecule has 10 heavy (non-hydrogen) atoms. The molecule has 0 N–H and O–H groups in total. The number of aromatic nitrogens is 1. The first-order chi connectivity index (χ1) is 4.30. The first kappa shape index (κ1) is 8.90. The first-order valence-electron chi connectivity index (χ1n) is 2.35. The van der Waals surface area contributed by atoms with E-state index in [9.17, 15) is 10.1 Å². The van der Waals surface area contributed by atoms with Crippen LogP contribution in [0.15, 0.2) is 24.5 Å². The Hall–Kier alpha value is -1.10. The van der Waals surface area contributed by atoms with Crippen LogP contribution in [-0.4, -0.2) is 9.91 Å². The maximum atomic E-state index is 9.97. The van der Waals surface area contributed by atoms with Crippen molar-refractivity contribution in [1.82, 2.24) is 4.98 Å². The highest BCUT2D eigenvalue weighted by molar-refractivity contribution is 7.59. The second-order valence-corrected chi connectivity index (χ2v) is 1.47. The van der Waals surface area contributed by atoms with Gasteiger partial charge in [-0.25, -0.2) is 0 Å². The molecule has 0 aliphatic rings. The van der Waals surface area contributed by atoms with Gasteiger partial charge in [-0.2, -0.15) is 13.5 Å². The highest BCUT2D eigenvalue weighted by Gasteiger charge is 1.99. The molecule has 0 aliphatic carbocycles. The van der Waals surface area contributed by atoms with Crippen LogP contribution in [0.1, 0.15) is 0 Å². The molecular formula is C5H6N2O2S. The maximum absolute atomic E-state index is 9.97. The number of nitro groups is 1. The SMILES string of the molecule is O=[N+]([O-])c1cccnc1.S. The number of hydrogen-bond donors (Lipinski definition) is 0. The summed E-state index contributed by atoms with van der Waals surface area (Å²) in [4.78, 5) is 13.1. The predicted molar refractivity (Wildman–Crippen MR) is 41.3 cm³/mol. The number of nitrogens with zero attached hydrogens (tertiary/aromatic N) is 2. The van der Waals surface area contributed by atoms with Gasteiger partial charge in [-0.3, -0.25) is 15.1 Å². The third kappa shape index (κ3) is 2.02. The number of rotatable bonds is 1. The average Bonchev–Trinajstić information content (AvgIpc) is 1.90. The molecule has 0 spiro atoms. The van der Waals surface area contributed by atoms with Crippen LogP contribution in [0.4, 0.5) is 5.69 Å². The molecule has 0 saturated heterocycles. The van der Waals surface area contributed by atoms with E-state index < -0.39 is 4.92 Å². The lowest BCUT2D eigenvalue weighted by Crippen LogP contribution is -1.86. The molecule has 0 radical (unpaired) electrons. The summed E-state index contributed by atoms with van der Waals surface area (Å²) in [5.41, 5.74) is 0.0255. The molecule has 0 amide bonds. The smallest absolute Gasteiger partial charge is 0.258 e. The van der Waals surface area contributed by atoms with Gasteiger partial charge in [0.15, 0.2) is 0 Å². The summed E-state index contributed by atoms with van der Waals surface area (Å²) in [6, 6.07) is 2.92. The van der Waals surface area contributed by atoms with Gasteiger partial charge in [0, 0.05) is 12.3 Å². The predicted octanol–water partition coefficient (Wildman–Crippen LogP) is 1.10. The van der Waals surface area contributed by atoms with Gasteiger partial charge in [0.25, 0.3) is 5.69 Å². The lowest BCUT2D eigenvalue weighted by atomic mass is 10.4. The van der Waals surface area contributed by atoms with Crippen molar-refractivity contribution in [3.8, 4) is 0 Å². The molecule has 0 atom stereocenters. The summed E-state index contributed by atoms with van der Waals surface area (Å²) in [6.45, 7) is 0. The van der Waals surface area contributed by atoms with Crippen molar-refractivity contribution >= 4 is 19.2 Å². The minimum absolute atomic E-state index is 0. The van der Waals surface area contributed by atoms with Gasteiger partial charge in [-0.1, -0.05) is 0 Å². The van der Waals surface area contributed by atoms with Crippen LogP contribution in [-0.2, 0) is 0 Å². The van der Waals surface area contributed by atoms with Crippen molar-refractivity contribution < 1.29 is 4.92 Å². The quantitative estimate of drug-likeness (QED) is 0.454. The number of hydrogen-bond acceptors (Lipinski definition) is 3. The standard InChI is InChI=1S/C5H4N2O2.H2S/c8-7(9)5-2-1-3-6-4-5;/h1-4H;1H2. The van der Waals surface area contributed by atoms with E-state index >= 15 is 0 Å². The first-order valence-corrected chi connectivity index (χ1v) is 2.35. The Morgan fingerprint density at radius 2 is 2.30 bits per heavy atom. The summed E-state index contributed by atoms with van der Waals surface area (Å²) in [5.74, 6) is 0. The van der Waals surface area contributed by atoms with Crippen molar-refractivity contribution in [2.24, 2.45) is 0 Å². The summed E-state index contributed by atoms with van der Waals surface area (Å²) >= 11 is 0. The number of pyridine rings is 1. The Morgan fingerprint density at radius 1 is 1.60 bits per heavy atom. The molecule has 1 aromatic heterocycles. The minimum Gasteiger partial charge on any atom is -0.258 e. The Labute approximate surface area is 64.5 Å². The second kappa shape index (κ2) is 3.84. The zero-order chi connectivity index (χ0) is 6.69. The van der Waals surface area contributed by atoms with Crippen LogP contribution >= 0.6 is 13.5 Å². The lowest BCUT2D eigenvalue weighted by Gasteiger charge is -1.84. The van der Waals surface area contributed by atoms with E-state index in [1.165, 1.54) is 24.5 Å². The van der Waals surface area contributed by atoms with Crippen molar-refractivity contribution in [1.29, 1.82) is 0 Å². The monoisotopic (exact) mass is 158 g/mol. The maximum Gasteiger partial charge on any atom is 0.287 e. The van der Waals surface area contributed by atoms with E-state index in [0.717, 1.165) is 0 Å². The van der Waals surface area contributed by atoms with Crippen LogP contribution in [0.25, 0.3) is 0 Å². The topological polar surface area (TPSA) is 56.0 Å². The molecule has 5 heteroatoms. The lowest BCUT2D eigenvalue weighted by molar-refractivity contribution is -0.385. The Morgan fingerprint density at radius 3 is 2.60 bits per heavy atom. The average molecular weight is 158 g/mol. The highest BCUT2D eigenvalue weighted by atomic mass is 32.1. The van der Waals surface area contributed by atoms with Gasteiger partial charge < -0.3 is 0 Å². The largest absolute Gasteiger partial charge is 0.287 e. The van der Waals surface area contributed by atoms with Crippen LogP contribution < -0.4 is 0 Å². The summed E-state index contributed by atoms with van der Waals surface area (Å²) in [6.07, 6.45) is 2.70. The third-order valence-electron chi connectivity index (χ3n) is 0.857. The van der Waals surface area contributed by atoms with Crippen molar-refractivity contribution in [3.05, 3.63) is 34.6 Å². The van der Waals surface area contributed by atoms with E-state index in [2.05, 4.69) is 4.98 Å². The Bertz CT molecular complexity index is 214. The molecule has 1 rings (SSSR count). The van der Waals surface area contributed by atoms with Gasteiger partial charge in [0.1, 0.15) is 6.20 Å². The summed E-state index contributed by atoms with van der Waals surface area (Å²) < 4.78 is 0. The molecule has 0 bridgehead atoms. The van der Waals surface area contributed by atoms with Crippen molar-refractivity contribution in [2.45, 2.75) is 0 Å². The van der Waals surface area contributed by atoms with Gasteiger partial charge in [0.05, 0.1) is 4.92 Å². The van der Waals surface area contributed by atoms with Crippen molar-refractivity contribution in [3.63, 3.8) is 0 Å². The molecule has 0 aromatic carbocycles. The van der Waals surface area contributed by atoms with Crippen LogP contribution in [0, 0.1) is 10.1 Å². The molecule has 0 unspecified atom stereocenters. The summed E-state index contributed by atoms with van der Waals surface area (Å²) in [7, 11) is 0. The fourth-order valence-electron chi connectivity index (χ4n) is 0.462. The van der Waals surface area contributed by atoms with E-state index in [1.807, 2.05) is 0 Å². The van der Waals surface area contributed by atoms with E-state index in [4.69, 9.17) is 0 Å². The van der Waals surface area contributed by atoms with Gasteiger partial charge in [0.2, 0.25) is 0 Å². The summed E-state index contributed by atoms with van der Waals surface area (Å²) in [5, 5.41) is 9.97. The fraction of sp³-hybridized carbons (Fsp3) is 0. The molecule has 1 heterocycles. The van der Waals surface area contributed by atoms with Gasteiger partial charge in [-0.15, -0.1) is 0 Å². The molecule has 4 nitrogen and oxygen atoms in total. The van der Waals surface area contributed by atoms with E-state index in [0.29, 0.717) is 0 Å². The van der Waals surface area contributed by atoms with E-state index in [1.54, 1.807) is 0 Å². The normalized spacial score (nSPS) is 8.00. The van der Waals surface area contributed by atoms with Crippen LogP contribution in [0.2, 0.25) is 0 Å². The van der Waals surface area contributed by atoms with Crippen molar-refractivity contribution in [2.75, 3.05) is 0 Å². The molecule has 0 fully saturated rings. The molecular weight excluding hydrogens is 152 g/mol. The van der Waals surface area contributed by atoms with Crippen LogP contribution in [0.5, 0.6) is 0 Å². The molecule has 1 aromatic rings. The minimum atomic E-state index is -0.479. The van der Waals surface area contributed by atoms with Gasteiger partial charge >= 0.3 is 0 Å². The Kier molecular flexibility index (Phi) is 3.42. The Balaban J connectivity index is 0.000000810. The van der Waals surface area contributed by atoms with E-state index in [-0.39, 0.29) is 19.2 Å². The van der Waals surface area contributed by atoms with Crippen LogP contribution in [0.3, 0.4) is 0 Å². The third-order valence-corrected chi connectivity index (χ3v) is 0.857. The second-order valence-electron chi connectivity index (χ2n) is 1.47. The zero-order valence-corrected chi connectivity index (χ0v) is 6.02.